The van der Waals surface area contributed by atoms with E-state index in [-0.39, 0.29) is 0 Å². The second-order valence-electron chi connectivity index (χ2n) is 3.31. The van der Waals surface area contributed by atoms with Gasteiger partial charge in [-0.1, -0.05) is 26.2 Å². The molecule has 0 bridgehead atoms. The van der Waals surface area contributed by atoms with Gasteiger partial charge in [0.2, 0.25) is 0 Å². The average molecular weight is 257 g/mol. The lowest BCUT2D eigenvalue weighted by Crippen LogP contribution is -2.07. The molecule has 0 aromatic heterocycles. The molecule has 1 unspecified atom stereocenters. The summed E-state index contributed by atoms with van der Waals surface area (Å²) in [7, 11) is -3.09. The molecule has 3 nitrogen and oxygen atoms in total. The number of rotatable bonds is 9. The molecular weight excluding hydrogens is 235 g/mol. The fraction of sp³-hybridized carbons (Fsp3) is 1.00. The zero-order valence-electron chi connectivity index (χ0n) is 9.87. The first-order valence-corrected chi connectivity index (χ1v) is 7.68. The molecular formula is C10H22ClO3P. The predicted molar refractivity (Wildman–Crippen MR) is 64.6 cm³/mol. The normalized spacial score (nSPS) is 14.1. The van der Waals surface area contributed by atoms with Crippen LogP contribution in [-0.2, 0) is 13.6 Å². The standard InChI is InChI=1S/C10H22ClO3P/c1-4-7-8-9-10(11)15(12,13-5-2)14-6-3/h10H,4-9H2,1-3H3. The third-order valence-electron chi connectivity index (χ3n) is 2.01. The van der Waals surface area contributed by atoms with E-state index in [4.69, 9.17) is 20.6 Å². The molecule has 0 aromatic carbocycles. The van der Waals surface area contributed by atoms with Gasteiger partial charge in [0, 0.05) is 0 Å². The van der Waals surface area contributed by atoms with E-state index < -0.39 is 12.7 Å². The third-order valence-corrected chi connectivity index (χ3v) is 5.12. The second kappa shape index (κ2) is 8.58. The summed E-state index contributed by atoms with van der Waals surface area (Å²) in [6, 6.07) is 0. The Morgan fingerprint density at radius 2 is 1.67 bits per heavy atom. The molecule has 0 fully saturated rings. The monoisotopic (exact) mass is 256 g/mol. The van der Waals surface area contributed by atoms with Crippen molar-refractivity contribution in [2.75, 3.05) is 13.2 Å². The molecule has 0 amide bonds. The molecule has 0 spiro atoms. The van der Waals surface area contributed by atoms with E-state index >= 15 is 0 Å². The lowest BCUT2D eigenvalue weighted by Gasteiger charge is -2.21. The van der Waals surface area contributed by atoms with Crippen molar-refractivity contribution < 1.29 is 13.6 Å². The summed E-state index contributed by atoms with van der Waals surface area (Å²) in [5.74, 6) is 0. The van der Waals surface area contributed by atoms with E-state index in [2.05, 4.69) is 6.92 Å². The largest absolute Gasteiger partial charge is 0.348 e. The summed E-state index contributed by atoms with van der Waals surface area (Å²) < 4.78 is 22.5. The van der Waals surface area contributed by atoms with Gasteiger partial charge in [0.1, 0.15) is 5.12 Å². The maximum atomic E-state index is 12.1. The summed E-state index contributed by atoms with van der Waals surface area (Å²) in [4.78, 5) is 0. The minimum Gasteiger partial charge on any atom is -0.308 e. The van der Waals surface area contributed by atoms with Crippen LogP contribution in [0.3, 0.4) is 0 Å². The molecule has 92 valence electrons. The van der Waals surface area contributed by atoms with Gasteiger partial charge in [0.05, 0.1) is 13.2 Å². The first-order chi connectivity index (χ1) is 7.10. The van der Waals surface area contributed by atoms with Crippen LogP contribution in [0.1, 0.15) is 46.5 Å². The van der Waals surface area contributed by atoms with Gasteiger partial charge in [-0.05, 0) is 20.3 Å². The first kappa shape index (κ1) is 15.4. The van der Waals surface area contributed by atoms with Crippen molar-refractivity contribution >= 4 is 19.2 Å². The highest BCUT2D eigenvalue weighted by atomic mass is 35.5. The molecule has 0 radical (unpaired) electrons. The Balaban J connectivity index is 4.15. The summed E-state index contributed by atoms with van der Waals surface area (Å²) in [6.45, 7) is 6.44. The SMILES string of the molecule is CCCCCC(Cl)P(=O)(OCC)OCC. The Kier molecular flexibility index (Phi) is 8.83. The molecule has 0 rings (SSSR count). The van der Waals surface area contributed by atoms with Crippen LogP contribution < -0.4 is 0 Å². The number of hydrogen-bond donors (Lipinski definition) is 0. The maximum absolute atomic E-state index is 12.1. The highest BCUT2D eigenvalue weighted by molar-refractivity contribution is 7.56. The van der Waals surface area contributed by atoms with Gasteiger partial charge in [-0.3, -0.25) is 4.57 Å². The van der Waals surface area contributed by atoms with E-state index in [9.17, 15) is 4.57 Å². The Morgan fingerprint density at radius 3 is 2.07 bits per heavy atom. The zero-order chi connectivity index (χ0) is 11.7. The van der Waals surface area contributed by atoms with Crippen LogP contribution >= 0.6 is 19.2 Å². The van der Waals surface area contributed by atoms with Crippen LogP contribution in [0.25, 0.3) is 0 Å². The smallest absolute Gasteiger partial charge is 0.308 e. The van der Waals surface area contributed by atoms with Crippen LogP contribution in [0.4, 0.5) is 0 Å². The van der Waals surface area contributed by atoms with Crippen molar-refractivity contribution in [3.05, 3.63) is 0 Å². The van der Waals surface area contributed by atoms with Crippen molar-refractivity contribution in [3.8, 4) is 0 Å². The number of alkyl halides is 1. The van der Waals surface area contributed by atoms with Crippen LogP contribution in [-0.4, -0.2) is 18.3 Å². The average Bonchev–Trinajstić information content (AvgIpc) is 2.18. The lowest BCUT2D eigenvalue weighted by molar-refractivity contribution is 0.216. The van der Waals surface area contributed by atoms with Gasteiger partial charge in [0.15, 0.2) is 0 Å². The van der Waals surface area contributed by atoms with Crippen LogP contribution in [0.5, 0.6) is 0 Å². The highest BCUT2D eigenvalue weighted by Crippen LogP contribution is 2.56. The van der Waals surface area contributed by atoms with E-state index in [1.165, 1.54) is 0 Å². The van der Waals surface area contributed by atoms with E-state index in [1.807, 2.05) is 0 Å². The van der Waals surface area contributed by atoms with Crippen molar-refractivity contribution in [2.24, 2.45) is 0 Å². The quantitative estimate of drug-likeness (QED) is 0.348. The van der Waals surface area contributed by atoms with Crippen LogP contribution in [0.2, 0.25) is 0 Å². The van der Waals surface area contributed by atoms with Gasteiger partial charge in [-0.25, -0.2) is 0 Å². The topological polar surface area (TPSA) is 35.5 Å². The van der Waals surface area contributed by atoms with Crippen LogP contribution in [0.15, 0.2) is 0 Å². The predicted octanol–water partition coefficient (Wildman–Crippen LogP) is 4.40. The summed E-state index contributed by atoms with van der Waals surface area (Å²) >= 11 is 6.07. The molecule has 0 aliphatic carbocycles. The minimum absolute atomic E-state index is 0.369. The molecule has 0 heterocycles. The van der Waals surface area contributed by atoms with Gasteiger partial charge >= 0.3 is 7.60 Å². The zero-order valence-corrected chi connectivity index (χ0v) is 11.5. The van der Waals surface area contributed by atoms with Gasteiger partial charge < -0.3 is 9.05 Å². The Morgan fingerprint density at radius 1 is 1.13 bits per heavy atom. The Labute approximate surface area is 98.0 Å². The summed E-state index contributed by atoms with van der Waals surface area (Å²) in [5.41, 5.74) is 0. The number of unbranched alkanes of at least 4 members (excludes halogenated alkanes) is 2. The van der Waals surface area contributed by atoms with Gasteiger partial charge in [-0.2, -0.15) is 0 Å². The number of halogens is 1. The lowest BCUT2D eigenvalue weighted by atomic mass is 10.2. The molecule has 15 heavy (non-hydrogen) atoms. The minimum atomic E-state index is -3.09. The Hall–Kier alpha value is 0.440. The van der Waals surface area contributed by atoms with E-state index in [1.54, 1.807) is 13.8 Å². The van der Waals surface area contributed by atoms with Gasteiger partial charge in [0.25, 0.3) is 0 Å². The third kappa shape index (κ3) is 5.91. The maximum Gasteiger partial charge on any atom is 0.348 e. The molecule has 0 saturated heterocycles. The summed E-state index contributed by atoms with van der Waals surface area (Å²) in [6.07, 6.45) is 3.88. The molecule has 0 aliphatic heterocycles. The fourth-order valence-corrected chi connectivity index (χ4v) is 3.39. The summed E-state index contributed by atoms with van der Waals surface area (Å²) in [5, 5.41) is -0.510. The highest BCUT2D eigenvalue weighted by Gasteiger charge is 2.33. The number of hydrogen-bond acceptors (Lipinski definition) is 3. The fourth-order valence-electron chi connectivity index (χ4n) is 1.28. The van der Waals surface area contributed by atoms with Crippen molar-refractivity contribution in [1.29, 1.82) is 0 Å². The van der Waals surface area contributed by atoms with Crippen molar-refractivity contribution in [3.63, 3.8) is 0 Å². The molecule has 1 atom stereocenters. The van der Waals surface area contributed by atoms with Crippen molar-refractivity contribution in [2.45, 2.75) is 51.6 Å². The van der Waals surface area contributed by atoms with Crippen molar-refractivity contribution in [1.82, 2.24) is 0 Å². The molecule has 0 N–H and O–H groups in total. The molecule has 0 saturated carbocycles. The van der Waals surface area contributed by atoms with E-state index in [0.717, 1.165) is 19.3 Å². The first-order valence-electron chi connectivity index (χ1n) is 5.63. The molecule has 0 aromatic rings. The second-order valence-corrected chi connectivity index (χ2v) is 6.36. The van der Waals surface area contributed by atoms with Crippen LogP contribution in [0, 0.1) is 0 Å². The molecule has 5 heteroatoms. The molecule has 0 aliphatic rings. The van der Waals surface area contributed by atoms with E-state index in [0.29, 0.717) is 19.6 Å². The van der Waals surface area contributed by atoms with Gasteiger partial charge in [-0.15, -0.1) is 11.6 Å². The Bertz CT molecular complexity index is 189.